The Bertz CT molecular complexity index is 1080. The summed E-state index contributed by atoms with van der Waals surface area (Å²) in [6, 6.07) is 10.2. The third-order valence-corrected chi connectivity index (χ3v) is 5.89. The Morgan fingerprint density at radius 2 is 1.81 bits per heavy atom. The van der Waals surface area contributed by atoms with E-state index in [0.29, 0.717) is 6.54 Å². The van der Waals surface area contributed by atoms with Gasteiger partial charge in [0.1, 0.15) is 18.0 Å². The van der Waals surface area contributed by atoms with Crippen LogP contribution in [0.25, 0.3) is 11.4 Å². The number of anilines is 2. The van der Waals surface area contributed by atoms with Crippen molar-refractivity contribution in [2.75, 3.05) is 49.8 Å². The van der Waals surface area contributed by atoms with Crippen LogP contribution >= 0.6 is 0 Å². The van der Waals surface area contributed by atoms with Crippen LogP contribution in [0.15, 0.2) is 36.7 Å². The zero-order chi connectivity index (χ0) is 21.9. The summed E-state index contributed by atoms with van der Waals surface area (Å²) in [6.45, 7) is 6.71. The van der Waals surface area contributed by atoms with Gasteiger partial charge in [-0.25, -0.2) is 24.8 Å². The van der Waals surface area contributed by atoms with E-state index in [-0.39, 0.29) is 0 Å². The molecule has 2 N–H and O–H groups in total. The molecule has 0 saturated carbocycles. The summed E-state index contributed by atoms with van der Waals surface area (Å²) in [5.41, 5.74) is 6.98. The highest BCUT2D eigenvalue weighted by molar-refractivity contribution is 5.63. The number of fused-ring (bicyclic) bond motifs is 1. The molecular weight excluding hydrogens is 406 g/mol. The number of nitrogens with two attached hydrogens (primary N) is 1. The van der Waals surface area contributed by atoms with E-state index in [9.17, 15) is 0 Å². The monoisotopic (exact) mass is 434 g/mol. The molecule has 1 aromatic carbocycles. The lowest BCUT2D eigenvalue weighted by Crippen LogP contribution is -2.75. The summed E-state index contributed by atoms with van der Waals surface area (Å²) >= 11 is 0. The lowest BCUT2D eigenvalue weighted by Gasteiger charge is -2.34. The van der Waals surface area contributed by atoms with E-state index in [1.54, 1.807) is 18.9 Å². The highest BCUT2D eigenvalue weighted by atomic mass is 16.6. The summed E-state index contributed by atoms with van der Waals surface area (Å²) in [5, 5.41) is 0. The second-order valence-corrected chi connectivity index (χ2v) is 8.06. The molecule has 0 aliphatic carbocycles. The molecule has 9 heteroatoms. The Morgan fingerprint density at radius 1 is 1.00 bits per heavy atom. The minimum Gasteiger partial charge on any atom is -0.378 e. The maximum Gasteiger partial charge on any atom is 0.161 e. The number of nitrogens with zero attached hydrogens (tertiary/aromatic N) is 6. The van der Waals surface area contributed by atoms with Gasteiger partial charge in [-0.3, -0.25) is 0 Å². The Morgan fingerprint density at radius 3 is 2.56 bits per heavy atom. The van der Waals surface area contributed by atoms with Gasteiger partial charge in [-0.15, -0.1) is 0 Å². The van der Waals surface area contributed by atoms with Gasteiger partial charge in [0, 0.05) is 54.7 Å². The van der Waals surface area contributed by atoms with Crippen LogP contribution < -0.4 is 15.3 Å². The largest absolute Gasteiger partial charge is 0.378 e. The zero-order valence-electron chi connectivity index (χ0n) is 18.5. The van der Waals surface area contributed by atoms with Crippen LogP contribution in [0.4, 0.5) is 17.3 Å². The standard InChI is InChI=1S/C23H27N7O2/c1-16-13-21(25-15-24-16)30-8-7-19-20(14-30)26-22(17-3-5-18(6-4-17)28-31-2)27-23(19)29-9-11-32-12-10-29/h3-6,13,15,28H,7-12,14H2,1-2H3/p+1. The van der Waals surface area contributed by atoms with Crippen molar-refractivity contribution >= 4 is 17.3 Å². The van der Waals surface area contributed by atoms with Gasteiger partial charge in [0.2, 0.25) is 0 Å². The number of quaternary nitrogens is 1. The molecule has 2 aliphatic heterocycles. The molecule has 0 bridgehead atoms. The third kappa shape index (κ3) is 4.27. The van der Waals surface area contributed by atoms with Gasteiger partial charge in [0.25, 0.3) is 0 Å². The molecule has 166 valence electrons. The van der Waals surface area contributed by atoms with Crippen molar-refractivity contribution < 1.29 is 15.1 Å². The number of hydrogen-bond acceptors (Lipinski definition) is 8. The third-order valence-electron chi connectivity index (χ3n) is 5.89. The second-order valence-electron chi connectivity index (χ2n) is 8.06. The van der Waals surface area contributed by atoms with E-state index >= 15 is 0 Å². The fourth-order valence-electron chi connectivity index (χ4n) is 4.23. The van der Waals surface area contributed by atoms with Crippen LogP contribution in [0.5, 0.6) is 0 Å². The fraction of sp³-hybridized carbons (Fsp3) is 0.391. The van der Waals surface area contributed by atoms with Gasteiger partial charge < -0.3 is 14.5 Å². The van der Waals surface area contributed by atoms with E-state index in [1.807, 2.05) is 37.3 Å². The minimum absolute atomic E-state index is 0.703. The highest BCUT2D eigenvalue weighted by Gasteiger charge is 2.27. The Balaban J connectivity index is 1.53. The van der Waals surface area contributed by atoms with Gasteiger partial charge in [0.05, 0.1) is 32.6 Å². The van der Waals surface area contributed by atoms with Crippen molar-refractivity contribution in [1.82, 2.24) is 19.9 Å². The van der Waals surface area contributed by atoms with Gasteiger partial charge in [0.15, 0.2) is 11.5 Å². The van der Waals surface area contributed by atoms with E-state index in [4.69, 9.17) is 19.5 Å². The van der Waals surface area contributed by atoms with E-state index in [1.165, 1.54) is 5.56 Å². The zero-order valence-corrected chi connectivity index (χ0v) is 18.5. The van der Waals surface area contributed by atoms with Crippen LogP contribution in [0.2, 0.25) is 0 Å². The molecule has 9 nitrogen and oxygen atoms in total. The predicted octanol–water partition coefficient (Wildman–Crippen LogP) is 1.40. The number of benzene rings is 1. The Hall–Kier alpha value is -3.14. The lowest BCUT2D eigenvalue weighted by molar-refractivity contribution is -0.830. The fourth-order valence-corrected chi connectivity index (χ4v) is 4.23. The van der Waals surface area contributed by atoms with Crippen LogP contribution in [0.1, 0.15) is 17.0 Å². The molecule has 0 spiro atoms. The van der Waals surface area contributed by atoms with Crippen molar-refractivity contribution in [1.29, 1.82) is 0 Å². The normalized spacial score (nSPS) is 16.2. The van der Waals surface area contributed by atoms with Crippen LogP contribution in [-0.4, -0.2) is 59.9 Å². The van der Waals surface area contributed by atoms with E-state index < -0.39 is 0 Å². The van der Waals surface area contributed by atoms with Gasteiger partial charge in [-0.2, -0.15) is 5.48 Å². The molecule has 5 rings (SSSR count). The van der Waals surface area contributed by atoms with Crippen molar-refractivity contribution in [2.24, 2.45) is 0 Å². The lowest BCUT2D eigenvalue weighted by atomic mass is 10.0. The molecule has 2 aromatic heterocycles. The molecule has 0 amide bonds. The van der Waals surface area contributed by atoms with Crippen LogP contribution in [-0.2, 0) is 22.5 Å². The minimum atomic E-state index is 0.703. The first-order chi connectivity index (χ1) is 15.7. The summed E-state index contributed by atoms with van der Waals surface area (Å²) < 4.78 is 5.58. The first kappa shape index (κ1) is 20.7. The number of aryl methyl sites for hydroxylation is 1. The van der Waals surface area contributed by atoms with Crippen molar-refractivity contribution in [2.45, 2.75) is 19.9 Å². The van der Waals surface area contributed by atoms with Crippen molar-refractivity contribution in [3.63, 3.8) is 0 Å². The molecule has 3 aromatic rings. The maximum absolute atomic E-state index is 5.58. The number of aromatic nitrogens is 4. The highest BCUT2D eigenvalue weighted by Crippen LogP contribution is 2.31. The first-order valence-corrected chi connectivity index (χ1v) is 10.9. The van der Waals surface area contributed by atoms with E-state index in [0.717, 1.165) is 79.4 Å². The van der Waals surface area contributed by atoms with Gasteiger partial charge >= 0.3 is 0 Å². The Labute approximate surface area is 187 Å². The molecule has 2 aliphatic rings. The molecule has 0 atom stereocenters. The molecule has 4 heterocycles. The van der Waals surface area contributed by atoms with Crippen molar-refractivity contribution in [3.05, 3.63) is 53.6 Å². The molecule has 1 saturated heterocycles. The SMILES string of the molecule is CO[NH2+]c1ccc(-c2nc3c(c(N4CCOCC4)n2)CCN(c2cc(C)ncn2)C3)cc1. The van der Waals surface area contributed by atoms with Crippen LogP contribution in [0, 0.1) is 6.92 Å². The van der Waals surface area contributed by atoms with Crippen LogP contribution in [0.3, 0.4) is 0 Å². The summed E-state index contributed by atoms with van der Waals surface area (Å²) in [7, 11) is 1.65. The second kappa shape index (κ2) is 9.15. The van der Waals surface area contributed by atoms with E-state index in [2.05, 4.69) is 19.8 Å². The van der Waals surface area contributed by atoms with Crippen molar-refractivity contribution in [3.8, 4) is 11.4 Å². The maximum atomic E-state index is 5.58. The molecule has 0 radical (unpaired) electrons. The number of rotatable bonds is 5. The molecule has 0 unspecified atom stereocenters. The smallest absolute Gasteiger partial charge is 0.161 e. The quantitative estimate of drug-likeness (QED) is 0.476. The predicted molar refractivity (Wildman–Crippen MR) is 121 cm³/mol. The van der Waals surface area contributed by atoms with Gasteiger partial charge in [-0.05, 0) is 25.5 Å². The summed E-state index contributed by atoms with van der Waals surface area (Å²) in [5.74, 6) is 2.73. The first-order valence-electron chi connectivity index (χ1n) is 10.9. The van der Waals surface area contributed by atoms with Gasteiger partial charge in [-0.1, -0.05) is 0 Å². The number of hydrogen-bond donors (Lipinski definition) is 1. The summed E-state index contributed by atoms with van der Waals surface area (Å²) in [6.07, 6.45) is 2.51. The number of ether oxygens (including phenoxy) is 1. The average Bonchev–Trinajstić information content (AvgIpc) is 2.84. The Kier molecular flexibility index (Phi) is 5.93. The topological polar surface area (TPSA) is 93.1 Å². The summed E-state index contributed by atoms with van der Waals surface area (Å²) in [4.78, 5) is 28.5. The number of morpholine rings is 1. The molecule has 1 fully saturated rings. The average molecular weight is 435 g/mol. The molecule has 32 heavy (non-hydrogen) atoms. The molecular formula is C23H28N7O2+.